The Labute approximate surface area is 134 Å². The molecule has 116 valence electrons. The summed E-state index contributed by atoms with van der Waals surface area (Å²) >= 11 is 6.15. The molecular weight excluding hydrogens is 302 g/mol. The van der Waals surface area contributed by atoms with Gasteiger partial charge >= 0.3 is 0 Å². The van der Waals surface area contributed by atoms with Crippen molar-refractivity contribution in [2.24, 2.45) is 7.05 Å². The van der Waals surface area contributed by atoms with Crippen LogP contribution < -0.4 is 9.64 Å². The number of hydrogen-bond acceptors (Lipinski definition) is 3. The molecule has 5 nitrogen and oxygen atoms in total. The molecule has 1 amide bonds. The van der Waals surface area contributed by atoms with Crippen molar-refractivity contribution in [1.82, 2.24) is 9.78 Å². The monoisotopic (exact) mass is 319 g/mol. The maximum Gasteiger partial charge on any atom is 0.276 e. The van der Waals surface area contributed by atoms with Gasteiger partial charge in [0.2, 0.25) is 0 Å². The van der Waals surface area contributed by atoms with Crippen molar-refractivity contribution >= 4 is 23.2 Å². The number of nitrogens with zero attached hydrogens (tertiary/aromatic N) is 3. The molecule has 1 aromatic heterocycles. The van der Waals surface area contributed by atoms with Crippen molar-refractivity contribution in [1.29, 1.82) is 0 Å². The van der Waals surface area contributed by atoms with Crippen LogP contribution in [0.15, 0.2) is 24.3 Å². The van der Waals surface area contributed by atoms with Crippen LogP contribution in [0.4, 0.5) is 5.69 Å². The third-order valence-electron chi connectivity index (χ3n) is 3.75. The molecule has 0 radical (unpaired) electrons. The number of halogens is 1. The molecule has 2 aromatic rings. The average molecular weight is 320 g/mol. The summed E-state index contributed by atoms with van der Waals surface area (Å²) in [7, 11) is 1.79. The summed E-state index contributed by atoms with van der Waals surface area (Å²) in [5.74, 6) is 0.753. The zero-order valence-electron chi connectivity index (χ0n) is 12.8. The molecule has 1 aliphatic rings. The van der Waals surface area contributed by atoms with E-state index in [1.165, 1.54) is 0 Å². The summed E-state index contributed by atoms with van der Waals surface area (Å²) in [5.41, 5.74) is 2.18. The van der Waals surface area contributed by atoms with E-state index in [1.54, 1.807) is 22.7 Å². The van der Waals surface area contributed by atoms with E-state index < -0.39 is 0 Å². The highest BCUT2D eigenvalue weighted by atomic mass is 35.5. The van der Waals surface area contributed by atoms with Gasteiger partial charge in [0.1, 0.15) is 12.3 Å². The summed E-state index contributed by atoms with van der Waals surface area (Å²) in [6.45, 7) is 5.03. The Morgan fingerprint density at radius 1 is 1.41 bits per heavy atom. The number of para-hydroxylation sites is 1. The number of anilines is 1. The number of carbonyl (C=O) groups is 1. The summed E-state index contributed by atoms with van der Waals surface area (Å²) in [5, 5.41) is 4.93. The quantitative estimate of drug-likeness (QED) is 0.853. The fourth-order valence-electron chi connectivity index (χ4n) is 2.53. The normalized spacial score (nSPS) is 14.0. The van der Waals surface area contributed by atoms with Crippen molar-refractivity contribution in [2.45, 2.75) is 19.8 Å². The van der Waals surface area contributed by atoms with Gasteiger partial charge in [-0.05, 0) is 24.1 Å². The Bertz CT molecular complexity index is 724. The van der Waals surface area contributed by atoms with Crippen LogP contribution in [0.2, 0.25) is 5.02 Å². The summed E-state index contributed by atoms with van der Waals surface area (Å²) in [6.07, 6.45) is 0. The number of benzene rings is 1. The van der Waals surface area contributed by atoms with Crippen LogP contribution in [0.25, 0.3) is 0 Å². The van der Waals surface area contributed by atoms with Crippen molar-refractivity contribution < 1.29 is 9.53 Å². The Balaban J connectivity index is 1.99. The lowest BCUT2D eigenvalue weighted by molar-refractivity contribution is 0.0967. The van der Waals surface area contributed by atoms with Crippen molar-refractivity contribution in [3.05, 3.63) is 40.7 Å². The van der Waals surface area contributed by atoms with Crippen LogP contribution in [-0.4, -0.2) is 28.8 Å². The third kappa shape index (κ3) is 2.46. The average Bonchev–Trinajstić information content (AvgIpc) is 2.89. The van der Waals surface area contributed by atoms with E-state index in [0.29, 0.717) is 35.3 Å². The molecule has 0 fully saturated rings. The minimum atomic E-state index is -0.0892. The van der Waals surface area contributed by atoms with Crippen molar-refractivity contribution in [2.75, 3.05) is 18.1 Å². The number of rotatable bonds is 2. The highest BCUT2D eigenvalue weighted by molar-refractivity contribution is 6.32. The Kier molecular flexibility index (Phi) is 3.83. The first-order valence-corrected chi connectivity index (χ1v) is 7.64. The SMILES string of the molecule is CC(C)c1cc(C(=O)N2CCOc3c(Cl)cccc32)n(C)n1. The highest BCUT2D eigenvalue weighted by Gasteiger charge is 2.28. The lowest BCUT2D eigenvalue weighted by atomic mass is 10.1. The summed E-state index contributed by atoms with van der Waals surface area (Å²) < 4.78 is 7.23. The first kappa shape index (κ1) is 14.9. The van der Waals surface area contributed by atoms with Gasteiger partial charge < -0.3 is 9.64 Å². The molecule has 0 saturated heterocycles. The first-order valence-electron chi connectivity index (χ1n) is 7.26. The van der Waals surface area contributed by atoms with Gasteiger partial charge in [0.05, 0.1) is 22.9 Å². The topological polar surface area (TPSA) is 47.4 Å². The smallest absolute Gasteiger partial charge is 0.276 e. The number of carbonyl (C=O) groups excluding carboxylic acids is 1. The largest absolute Gasteiger partial charge is 0.488 e. The molecule has 0 spiro atoms. The maximum atomic E-state index is 12.9. The molecule has 6 heteroatoms. The third-order valence-corrected chi connectivity index (χ3v) is 4.05. The number of aryl methyl sites for hydroxylation is 1. The van der Waals surface area contributed by atoms with Crippen LogP contribution in [0, 0.1) is 0 Å². The molecule has 2 heterocycles. The molecule has 1 aliphatic heterocycles. The van der Waals surface area contributed by atoms with Gasteiger partial charge in [0.15, 0.2) is 5.75 Å². The van der Waals surface area contributed by atoms with Crippen LogP contribution >= 0.6 is 11.6 Å². The first-order chi connectivity index (χ1) is 10.5. The van der Waals surface area contributed by atoms with Crippen LogP contribution in [0.1, 0.15) is 35.9 Å². The predicted octanol–water partition coefficient (Wildman–Crippen LogP) is 3.24. The van der Waals surface area contributed by atoms with E-state index in [1.807, 2.05) is 18.2 Å². The number of fused-ring (bicyclic) bond motifs is 1. The fraction of sp³-hybridized carbons (Fsp3) is 0.375. The van der Waals surface area contributed by atoms with Gasteiger partial charge in [0.25, 0.3) is 5.91 Å². The number of ether oxygens (including phenoxy) is 1. The molecule has 0 N–H and O–H groups in total. The van der Waals surface area contributed by atoms with E-state index >= 15 is 0 Å². The molecule has 0 aliphatic carbocycles. The predicted molar refractivity (Wildman–Crippen MR) is 85.9 cm³/mol. The summed E-state index contributed by atoms with van der Waals surface area (Å²) in [4.78, 5) is 14.6. The van der Waals surface area contributed by atoms with Crippen LogP contribution in [0.3, 0.4) is 0 Å². The number of amides is 1. The molecule has 0 atom stereocenters. The Morgan fingerprint density at radius 2 is 2.18 bits per heavy atom. The van der Waals surface area contributed by atoms with Gasteiger partial charge in [-0.2, -0.15) is 5.10 Å². The van der Waals surface area contributed by atoms with Crippen LogP contribution in [0.5, 0.6) is 5.75 Å². The standard InChI is InChI=1S/C16H18ClN3O2/c1-10(2)12-9-14(19(3)18-12)16(21)20-7-8-22-15-11(17)5-4-6-13(15)20/h4-6,9-10H,7-8H2,1-3H3. The van der Waals surface area contributed by atoms with Gasteiger partial charge in [-0.1, -0.05) is 31.5 Å². The Hall–Kier alpha value is -2.01. The minimum absolute atomic E-state index is 0.0892. The number of hydrogen-bond donors (Lipinski definition) is 0. The molecule has 0 unspecified atom stereocenters. The van der Waals surface area contributed by atoms with Gasteiger partial charge in [-0.15, -0.1) is 0 Å². The van der Waals surface area contributed by atoms with Gasteiger partial charge in [0, 0.05) is 7.05 Å². The molecule has 0 bridgehead atoms. The lowest BCUT2D eigenvalue weighted by Gasteiger charge is -2.29. The summed E-state index contributed by atoms with van der Waals surface area (Å²) in [6, 6.07) is 7.28. The van der Waals surface area contributed by atoms with E-state index in [0.717, 1.165) is 5.69 Å². The van der Waals surface area contributed by atoms with E-state index in [-0.39, 0.29) is 11.8 Å². The lowest BCUT2D eigenvalue weighted by Crippen LogP contribution is -2.38. The maximum absolute atomic E-state index is 12.9. The molecule has 0 saturated carbocycles. The molecule has 3 rings (SSSR count). The van der Waals surface area contributed by atoms with Crippen LogP contribution in [-0.2, 0) is 7.05 Å². The Morgan fingerprint density at radius 3 is 2.86 bits per heavy atom. The second kappa shape index (κ2) is 5.65. The van der Waals surface area contributed by atoms with E-state index in [9.17, 15) is 4.79 Å². The van der Waals surface area contributed by atoms with Gasteiger partial charge in [-0.25, -0.2) is 0 Å². The zero-order chi connectivity index (χ0) is 15.9. The highest BCUT2D eigenvalue weighted by Crippen LogP contribution is 2.38. The molecule has 22 heavy (non-hydrogen) atoms. The zero-order valence-corrected chi connectivity index (χ0v) is 13.6. The number of aromatic nitrogens is 2. The van der Waals surface area contributed by atoms with E-state index in [2.05, 4.69) is 18.9 Å². The fourth-order valence-corrected chi connectivity index (χ4v) is 2.76. The van der Waals surface area contributed by atoms with Gasteiger partial charge in [-0.3, -0.25) is 9.48 Å². The molecular formula is C16H18ClN3O2. The van der Waals surface area contributed by atoms with E-state index in [4.69, 9.17) is 16.3 Å². The van der Waals surface area contributed by atoms with Crippen molar-refractivity contribution in [3.8, 4) is 5.75 Å². The molecule has 1 aromatic carbocycles. The van der Waals surface area contributed by atoms with Crippen molar-refractivity contribution in [3.63, 3.8) is 0 Å². The second-order valence-electron chi connectivity index (χ2n) is 5.63. The minimum Gasteiger partial charge on any atom is -0.488 e. The second-order valence-corrected chi connectivity index (χ2v) is 6.03.